The van der Waals surface area contributed by atoms with Gasteiger partial charge in [0.15, 0.2) is 0 Å². The van der Waals surface area contributed by atoms with Gasteiger partial charge in [0.2, 0.25) is 0 Å². The van der Waals surface area contributed by atoms with Gasteiger partial charge in [-0.15, -0.1) is 0 Å². The van der Waals surface area contributed by atoms with Crippen molar-refractivity contribution in [2.75, 3.05) is 4.72 Å². The number of halogens is 2. The van der Waals surface area contributed by atoms with Crippen LogP contribution in [0.1, 0.15) is 5.56 Å². The smallest absolute Gasteiger partial charge is 0.261 e. The number of hydrogen-bond acceptors (Lipinski definition) is 4. The summed E-state index contributed by atoms with van der Waals surface area (Å²) in [6.45, 7) is 1.86. The number of aromatic hydroxyl groups is 2. The third-order valence-corrected chi connectivity index (χ3v) is 6.90. The molecule has 158 valence electrons. The molecule has 5 nitrogen and oxygen atoms in total. The maximum Gasteiger partial charge on any atom is 0.261 e. The highest BCUT2D eigenvalue weighted by Gasteiger charge is 2.20. The Morgan fingerprint density at radius 1 is 0.774 bits per heavy atom. The Balaban J connectivity index is 1.84. The molecule has 0 fully saturated rings. The number of nitrogens with one attached hydrogen (secondary N) is 1. The lowest BCUT2D eigenvalue weighted by Gasteiger charge is -2.15. The molecule has 0 radical (unpaired) electrons. The van der Waals surface area contributed by atoms with Crippen molar-refractivity contribution in [3.05, 3.63) is 82.3 Å². The number of sulfonamides is 1. The van der Waals surface area contributed by atoms with Gasteiger partial charge in [-0.1, -0.05) is 65.2 Å². The number of rotatable bonds is 4. The normalized spacial score (nSPS) is 11.6. The van der Waals surface area contributed by atoms with Crippen LogP contribution in [0.15, 0.2) is 71.6 Å². The van der Waals surface area contributed by atoms with Crippen LogP contribution in [-0.4, -0.2) is 18.6 Å². The number of phenolic OH excluding ortho intramolecular Hbond substituents is 2. The molecule has 3 N–H and O–H groups in total. The predicted octanol–water partition coefficient (Wildman–Crippen LogP) is 6.33. The Labute approximate surface area is 189 Å². The molecule has 0 aliphatic rings. The fourth-order valence-corrected chi connectivity index (χ4v) is 4.85. The molecule has 0 aliphatic heterocycles. The number of anilines is 1. The van der Waals surface area contributed by atoms with Gasteiger partial charge in [-0.05, 0) is 37.3 Å². The lowest BCUT2D eigenvalue weighted by atomic mass is 9.98. The third kappa shape index (κ3) is 4.02. The average Bonchev–Trinajstić information content (AvgIpc) is 2.73. The maximum atomic E-state index is 12.8. The Kier molecular flexibility index (Phi) is 5.47. The molecule has 0 amide bonds. The van der Waals surface area contributed by atoms with Crippen LogP contribution in [0.25, 0.3) is 21.9 Å². The van der Waals surface area contributed by atoms with Gasteiger partial charge in [-0.25, -0.2) is 8.42 Å². The highest BCUT2D eigenvalue weighted by molar-refractivity contribution is 7.92. The second kappa shape index (κ2) is 7.96. The van der Waals surface area contributed by atoms with Gasteiger partial charge in [-0.3, -0.25) is 4.72 Å². The predicted molar refractivity (Wildman–Crippen MR) is 125 cm³/mol. The van der Waals surface area contributed by atoms with Gasteiger partial charge < -0.3 is 10.2 Å². The van der Waals surface area contributed by atoms with E-state index in [1.807, 2.05) is 6.92 Å². The van der Waals surface area contributed by atoms with Crippen molar-refractivity contribution in [1.29, 1.82) is 0 Å². The molecule has 0 unspecified atom stereocenters. The fourth-order valence-electron chi connectivity index (χ4n) is 3.32. The average molecular weight is 474 g/mol. The molecule has 31 heavy (non-hydrogen) atoms. The topological polar surface area (TPSA) is 86.6 Å². The van der Waals surface area contributed by atoms with E-state index in [-0.39, 0.29) is 38.2 Å². The summed E-state index contributed by atoms with van der Waals surface area (Å²) in [6.07, 6.45) is 0. The minimum Gasteiger partial charge on any atom is -0.507 e. The van der Waals surface area contributed by atoms with Crippen molar-refractivity contribution in [2.24, 2.45) is 0 Å². The molecule has 8 heteroatoms. The Hall–Kier alpha value is -2.93. The van der Waals surface area contributed by atoms with E-state index in [1.165, 1.54) is 30.3 Å². The van der Waals surface area contributed by atoms with Crippen LogP contribution in [0.3, 0.4) is 0 Å². The van der Waals surface area contributed by atoms with E-state index in [9.17, 15) is 18.6 Å². The molecule has 0 saturated carbocycles. The fraction of sp³-hybridized carbons (Fsp3) is 0.0435. The summed E-state index contributed by atoms with van der Waals surface area (Å²) in [5.74, 6) is -0.411. The van der Waals surface area contributed by atoms with Gasteiger partial charge >= 0.3 is 0 Å². The summed E-state index contributed by atoms with van der Waals surface area (Å²) >= 11 is 12.6. The zero-order valence-electron chi connectivity index (χ0n) is 16.2. The summed E-state index contributed by atoms with van der Waals surface area (Å²) in [4.78, 5) is 0.0837. The number of aryl methyl sites for hydroxylation is 1. The molecule has 0 saturated heterocycles. The molecule has 0 aromatic heterocycles. The van der Waals surface area contributed by atoms with Crippen LogP contribution in [0.4, 0.5) is 5.69 Å². The van der Waals surface area contributed by atoms with Gasteiger partial charge in [0, 0.05) is 26.9 Å². The van der Waals surface area contributed by atoms with Crippen LogP contribution in [0.2, 0.25) is 10.0 Å². The van der Waals surface area contributed by atoms with Crippen molar-refractivity contribution in [2.45, 2.75) is 11.8 Å². The number of hydrogen-bond donors (Lipinski definition) is 3. The Morgan fingerprint density at radius 3 is 2.06 bits per heavy atom. The summed E-state index contributed by atoms with van der Waals surface area (Å²) in [5.41, 5.74) is 1.42. The summed E-state index contributed by atoms with van der Waals surface area (Å²) in [5, 5.41) is 22.8. The van der Waals surface area contributed by atoms with Crippen LogP contribution in [0.5, 0.6) is 11.5 Å². The first-order valence-corrected chi connectivity index (χ1v) is 11.4. The van der Waals surface area contributed by atoms with Crippen LogP contribution in [0, 0.1) is 6.92 Å². The zero-order valence-corrected chi connectivity index (χ0v) is 18.6. The molecular formula is C23H17Cl2NO4S. The largest absolute Gasteiger partial charge is 0.507 e. The van der Waals surface area contributed by atoms with E-state index in [1.54, 1.807) is 36.4 Å². The zero-order chi connectivity index (χ0) is 22.3. The van der Waals surface area contributed by atoms with E-state index < -0.39 is 10.0 Å². The molecule has 0 spiro atoms. The van der Waals surface area contributed by atoms with E-state index in [4.69, 9.17) is 23.2 Å². The van der Waals surface area contributed by atoms with Gasteiger partial charge in [0.1, 0.15) is 11.5 Å². The lowest BCUT2D eigenvalue weighted by Crippen LogP contribution is -2.13. The monoisotopic (exact) mass is 473 g/mol. The van der Waals surface area contributed by atoms with E-state index in [2.05, 4.69) is 4.72 Å². The van der Waals surface area contributed by atoms with Crippen LogP contribution < -0.4 is 4.72 Å². The molecule has 4 aromatic rings. The van der Waals surface area contributed by atoms with Gasteiger partial charge in [-0.2, -0.15) is 0 Å². The third-order valence-electron chi connectivity index (χ3n) is 4.90. The number of benzene rings is 4. The second-order valence-electron chi connectivity index (χ2n) is 7.07. The first-order chi connectivity index (χ1) is 14.7. The van der Waals surface area contributed by atoms with E-state index >= 15 is 0 Å². The molecule has 0 heterocycles. The summed E-state index contributed by atoms with van der Waals surface area (Å²) in [7, 11) is -3.89. The Bertz CT molecular complexity index is 1420. The van der Waals surface area contributed by atoms with Crippen LogP contribution >= 0.6 is 23.2 Å². The standard InChI is InChI=1S/C23H17Cl2NO4S/c1-13-6-8-15(9-7-13)31(29,30)26-14-10-18(23(28)21(25)11-14)19-12-20(24)16-4-2-3-5-17(16)22(19)27/h2-12,26-28H,1H3. The molecular weight excluding hydrogens is 457 g/mol. The SMILES string of the molecule is Cc1ccc(S(=O)(=O)Nc2cc(Cl)c(O)c(-c3cc(Cl)c4ccccc4c3O)c2)cc1. The minimum atomic E-state index is -3.89. The minimum absolute atomic E-state index is 0.0808. The van der Waals surface area contributed by atoms with Gasteiger partial charge in [0.05, 0.1) is 15.6 Å². The molecule has 0 atom stereocenters. The Morgan fingerprint density at radius 2 is 1.39 bits per heavy atom. The molecule has 4 aromatic carbocycles. The van der Waals surface area contributed by atoms with Gasteiger partial charge in [0.25, 0.3) is 10.0 Å². The van der Waals surface area contributed by atoms with Crippen molar-refractivity contribution >= 4 is 49.7 Å². The maximum absolute atomic E-state index is 12.8. The van der Waals surface area contributed by atoms with E-state index in [0.29, 0.717) is 15.8 Å². The van der Waals surface area contributed by atoms with Crippen LogP contribution in [-0.2, 0) is 10.0 Å². The molecule has 4 rings (SSSR count). The lowest BCUT2D eigenvalue weighted by molar-refractivity contribution is 0.472. The number of fused-ring (bicyclic) bond motifs is 1. The summed E-state index contributed by atoms with van der Waals surface area (Å²) < 4.78 is 28.0. The highest BCUT2D eigenvalue weighted by Crippen LogP contribution is 2.46. The van der Waals surface area contributed by atoms with E-state index in [0.717, 1.165) is 5.56 Å². The molecule has 0 bridgehead atoms. The summed E-state index contributed by atoms with van der Waals surface area (Å²) in [6, 6.07) is 17.6. The highest BCUT2D eigenvalue weighted by atomic mass is 35.5. The molecule has 0 aliphatic carbocycles. The first kappa shape index (κ1) is 21.3. The number of phenols is 2. The van der Waals surface area contributed by atoms with Crippen molar-refractivity contribution in [1.82, 2.24) is 0 Å². The van der Waals surface area contributed by atoms with Crippen molar-refractivity contribution in [3.8, 4) is 22.6 Å². The quantitative estimate of drug-likeness (QED) is 0.302. The second-order valence-corrected chi connectivity index (χ2v) is 9.57. The van der Waals surface area contributed by atoms with Crippen molar-refractivity contribution in [3.63, 3.8) is 0 Å². The first-order valence-electron chi connectivity index (χ1n) is 9.20. The van der Waals surface area contributed by atoms with Crippen molar-refractivity contribution < 1.29 is 18.6 Å².